The van der Waals surface area contributed by atoms with Crippen LogP contribution in [-0.2, 0) is 9.47 Å². The van der Waals surface area contributed by atoms with E-state index in [1.807, 2.05) is 0 Å². The van der Waals surface area contributed by atoms with Crippen LogP contribution in [0.15, 0.2) is 0 Å². The third-order valence-electron chi connectivity index (χ3n) is 1.14. The fraction of sp³-hybridized carbons (Fsp3) is 0.857. The molecule has 0 aromatic heterocycles. The van der Waals surface area contributed by atoms with Gasteiger partial charge >= 0.3 is 6.03 Å². The maximum atomic E-state index is 10.8. The Kier molecular flexibility index (Phi) is 8.64. The topological polar surface area (TPSA) is 79.8 Å². The number of methoxy groups -OCH3 is 1. The molecule has 13 heavy (non-hydrogen) atoms. The second-order valence-electron chi connectivity index (χ2n) is 2.20. The monoisotopic (exact) mass is 192 g/mol. The molecule has 0 aromatic rings. The largest absolute Gasteiger partial charge is 0.394 e. The van der Waals surface area contributed by atoms with Crippen molar-refractivity contribution in [1.29, 1.82) is 0 Å². The first kappa shape index (κ1) is 12.2. The second kappa shape index (κ2) is 9.24. The summed E-state index contributed by atoms with van der Waals surface area (Å²) in [7, 11) is 1.49. The highest BCUT2D eigenvalue weighted by atomic mass is 16.5. The van der Waals surface area contributed by atoms with Crippen LogP contribution in [-0.4, -0.2) is 51.3 Å². The van der Waals surface area contributed by atoms with Crippen LogP contribution in [0, 0.1) is 0 Å². The van der Waals surface area contributed by atoms with Crippen molar-refractivity contribution < 1.29 is 19.4 Å². The van der Waals surface area contributed by atoms with Crippen molar-refractivity contribution in [2.75, 3.05) is 40.2 Å². The van der Waals surface area contributed by atoms with Crippen molar-refractivity contribution in [3.63, 3.8) is 0 Å². The number of carbonyl (C=O) groups excluding carboxylic acids is 1. The molecule has 78 valence electrons. The number of rotatable bonds is 7. The summed E-state index contributed by atoms with van der Waals surface area (Å²) in [6.45, 7) is 1.27. The minimum absolute atomic E-state index is 0.00410. The van der Waals surface area contributed by atoms with Crippen LogP contribution >= 0.6 is 0 Å². The fourth-order valence-electron chi connectivity index (χ4n) is 0.604. The first-order valence-corrected chi connectivity index (χ1v) is 4.00. The van der Waals surface area contributed by atoms with Gasteiger partial charge in [0.1, 0.15) is 6.73 Å². The van der Waals surface area contributed by atoms with Crippen LogP contribution in [0.5, 0.6) is 0 Å². The maximum absolute atomic E-state index is 10.8. The van der Waals surface area contributed by atoms with Gasteiger partial charge in [-0.15, -0.1) is 0 Å². The molecule has 3 N–H and O–H groups in total. The average molecular weight is 192 g/mol. The molecule has 0 fully saturated rings. The van der Waals surface area contributed by atoms with Crippen LogP contribution in [0.2, 0.25) is 0 Å². The first-order valence-electron chi connectivity index (χ1n) is 4.00. The summed E-state index contributed by atoms with van der Waals surface area (Å²) in [6.07, 6.45) is 0. The standard InChI is InChI=1S/C7H16N2O4/c1-12-6-9-7(11)8-2-4-13-5-3-10/h10H,2-6H2,1H3,(H2,8,9,11). The van der Waals surface area contributed by atoms with Gasteiger partial charge in [0.05, 0.1) is 19.8 Å². The number of carbonyl (C=O) groups is 1. The maximum Gasteiger partial charge on any atom is 0.316 e. The molecule has 0 aliphatic carbocycles. The SMILES string of the molecule is COCNC(=O)NCCOCCO. The van der Waals surface area contributed by atoms with Crippen molar-refractivity contribution in [1.82, 2.24) is 10.6 Å². The Morgan fingerprint density at radius 3 is 2.77 bits per heavy atom. The molecule has 6 nitrogen and oxygen atoms in total. The molecule has 0 rings (SSSR count). The van der Waals surface area contributed by atoms with E-state index in [1.165, 1.54) is 7.11 Å². The van der Waals surface area contributed by atoms with Gasteiger partial charge in [-0.2, -0.15) is 0 Å². The molecule has 6 heteroatoms. The fourth-order valence-corrected chi connectivity index (χ4v) is 0.604. The zero-order valence-corrected chi connectivity index (χ0v) is 7.71. The highest BCUT2D eigenvalue weighted by Gasteiger charge is 1.96. The van der Waals surface area contributed by atoms with E-state index in [-0.39, 0.29) is 19.4 Å². The molecule has 2 amide bonds. The predicted octanol–water partition coefficient (Wildman–Crippen LogP) is -1.10. The molecule has 0 radical (unpaired) electrons. The number of urea groups is 1. The Balaban J connectivity index is 3.08. The Bertz CT molecular complexity index is 132. The van der Waals surface area contributed by atoms with Crippen molar-refractivity contribution >= 4 is 6.03 Å². The van der Waals surface area contributed by atoms with Gasteiger partial charge in [-0.05, 0) is 0 Å². The molecule has 0 bridgehead atoms. The molecular weight excluding hydrogens is 176 g/mol. The molecule has 0 heterocycles. The zero-order valence-electron chi connectivity index (χ0n) is 7.71. The van der Waals surface area contributed by atoms with Gasteiger partial charge in [-0.3, -0.25) is 0 Å². The number of hydrogen-bond acceptors (Lipinski definition) is 4. The summed E-state index contributed by atoms with van der Waals surface area (Å²) < 4.78 is 9.54. The van der Waals surface area contributed by atoms with E-state index in [0.717, 1.165) is 0 Å². The Hall–Kier alpha value is -0.850. The minimum Gasteiger partial charge on any atom is -0.394 e. The normalized spacial score (nSPS) is 9.69. The Labute approximate surface area is 77.2 Å². The summed E-state index contributed by atoms with van der Waals surface area (Å²) in [5.74, 6) is 0. The number of nitrogens with one attached hydrogen (secondary N) is 2. The molecule has 0 aliphatic rings. The Morgan fingerprint density at radius 2 is 2.15 bits per heavy atom. The van der Waals surface area contributed by atoms with Gasteiger partial charge in [0.15, 0.2) is 0 Å². The molecule has 0 aromatic carbocycles. The number of hydrogen-bond donors (Lipinski definition) is 3. The number of aliphatic hydroxyl groups excluding tert-OH is 1. The summed E-state index contributed by atoms with van der Waals surface area (Å²) in [4.78, 5) is 10.8. The summed E-state index contributed by atoms with van der Waals surface area (Å²) in [5, 5.41) is 13.3. The number of amides is 2. The van der Waals surface area contributed by atoms with E-state index < -0.39 is 0 Å². The smallest absolute Gasteiger partial charge is 0.316 e. The van der Waals surface area contributed by atoms with Crippen LogP contribution in [0.3, 0.4) is 0 Å². The highest BCUT2D eigenvalue weighted by molar-refractivity contribution is 5.73. The van der Waals surface area contributed by atoms with E-state index in [4.69, 9.17) is 9.84 Å². The van der Waals surface area contributed by atoms with Crippen LogP contribution in [0.25, 0.3) is 0 Å². The summed E-state index contributed by atoms with van der Waals surface area (Å²) >= 11 is 0. The summed E-state index contributed by atoms with van der Waals surface area (Å²) in [5.41, 5.74) is 0. The lowest BCUT2D eigenvalue weighted by Crippen LogP contribution is -2.38. The molecule has 0 spiro atoms. The van der Waals surface area contributed by atoms with Crippen molar-refractivity contribution in [3.8, 4) is 0 Å². The van der Waals surface area contributed by atoms with Crippen molar-refractivity contribution in [3.05, 3.63) is 0 Å². The van der Waals surface area contributed by atoms with Gasteiger partial charge in [-0.1, -0.05) is 0 Å². The van der Waals surface area contributed by atoms with Gasteiger partial charge < -0.3 is 25.2 Å². The molecule has 0 atom stereocenters. The quantitative estimate of drug-likeness (QED) is 0.353. The predicted molar refractivity (Wildman–Crippen MR) is 46.3 cm³/mol. The van der Waals surface area contributed by atoms with Gasteiger partial charge in [-0.25, -0.2) is 4.79 Å². The molecule has 0 saturated carbocycles. The van der Waals surface area contributed by atoms with E-state index in [2.05, 4.69) is 15.4 Å². The lowest BCUT2D eigenvalue weighted by atomic mass is 10.6. The van der Waals surface area contributed by atoms with Crippen molar-refractivity contribution in [2.45, 2.75) is 0 Å². The van der Waals surface area contributed by atoms with Crippen LogP contribution < -0.4 is 10.6 Å². The third kappa shape index (κ3) is 9.06. The van der Waals surface area contributed by atoms with Crippen LogP contribution in [0.1, 0.15) is 0 Å². The first-order chi connectivity index (χ1) is 6.31. The lowest BCUT2D eigenvalue weighted by molar-refractivity contribution is 0.0943. The number of aliphatic hydroxyl groups is 1. The van der Waals surface area contributed by atoms with Crippen LogP contribution in [0.4, 0.5) is 4.79 Å². The van der Waals surface area contributed by atoms with Gasteiger partial charge in [0, 0.05) is 13.7 Å². The lowest BCUT2D eigenvalue weighted by Gasteiger charge is -2.06. The van der Waals surface area contributed by atoms with E-state index >= 15 is 0 Å². The number of ether oxygens (including phenoxy) is 2. The van der Waals surface area contributed by atoms with Gasteiger partial charge in [0.2, 0.25) is 0 Å². The average Bonchev–Trinajstić information content (AvgIpc) is 2.14. The molecule has 0 unspecified atom stereocenters. The molecule has 0 aliphatic heterocycles. The second-order valence-corrected chi connectivity index (χ2v) is 2.20. The van der Waals surface area contributed by atoms with Crippen molar-refractivity contribution in [2.24, 2.45) is 0 Å². The van der Waals surface area contributed by atoms with E-state index in [0.29, 0.717) is 19.8 Å². The molecular formula is C7H16N2O4. The van der Waals surface area contributed by atoms with E-state index in [9.17, 15) is 4.79 Å². The Morgan fingerprint density at radius 1 is 1.38 bits per heavy atom. The van der Waals surface area contributed by atoms with Gasteiger partial charge in [0.25, 0.3) is 0 Å². The highest BCUT2D eigenvalue weighted by Crippen LogP contribution is 1.72. The third-order valence-corrected chi connectivity index (χ3v) is 1.14. The molecule has 0 saturated heterocycles. The minimum atomic E-state index is -0.297. The summed E-state index contributed by atoms with van der Waals surface area (Å²) in [6, 6.07) is -0.297. The van der Waals surface area contributed by atoms with E-state index in [1.54, 1.807) is 0 Å². The zero-order chi connectivity index (χ0) is 9.94.